The topological polar surface area (TPSA) is 33.2 Å². The van der Waals surface area contributed by atoms with Crippen molar-refractivity contribution in [3.8, 4) is 0 Å². The second-order valence-electron chi connectivity index (χ2n) is 4.25. The molecule has 0 fully saturated rings. The number of aryl methyl sites for hydroxylation is 1. The summed E-state index contributed by atoms with van der Waals surface area (Å²) in [7, 11) is 0. The number of hydrogen-bond acceptors (Lipinski definition) is 2. The Kier molecular flexibility index (Phi) is 4.32. The summed E-state index contributed by atoms with van der Waals surface area (Å²) in [6.45, 7) is 4.58. The molecule has 0 atom stereocenters. The van der Waals surface area contributed by atoms with Gasteiger partial charge in [0.1, 0.15) is 5.69 Å². The molecule has 2 rings (SSSR count). The second-order valence-corrected chi connectivity index (χ2v) is 5.17. The number of carbonyl (C=O) groups is 1. The van der Waals surface area contributed by atoms with Crippen molar-refractivity contribution < 1.29 is 4.79 Å². The Morgan fingerprint density at radius 1 is 1.32 bits per heavy atom. The normalized spacial score (nSPS) is 10.3. The molecule has 1 aromatic heterocycles. The lowest BCUT2D eigenvalue weighted by Crippen LogP contribution is -2.31. The van der Waals surface area contributed by atoms with Crippen LogP contribution < -0.4 is 4.90 Å². The molecule has 0 N–H and O–H groups in total. The van der Waals surface area contributed by atoms with E-state index in [1.54, 1.807) is 17.2 Å². The van der Waals surface area contributed by atoms with E-state index in [0.29, 0.717) is 12.2 Å². The molecule has 3 nitrogen and oxygen atoms in total. The van der Waals surface area contributed by atoms with E-state index in [9.17, 15) is 4.79 Å². The van der Waals surface area contributed by atoms with Crippen LogP contribution in [0.2, 0.25) is 0 Å². The standard InChI is InChI=1S/C15H15BrN2O/c1-3-18(13-6-4-5-11(2)9-13)15(19)14-8-7-12(16)10-17-14/h4-10H,3H2,1-2H3. The molecule has 1 heterocycles. The van der Waals surface area contributed by atoms with Crippen LogP contribution in [0, 0.1) is 6.92 Å². The summed E-state index contributed by atoms with van der Waals surface area (Å²) in [5, 5.41) is 0. The summed E-state index contributed by atoms with van der Waals surface area (Å²) in [6, 6.07) is 11.5. The van der Waals surface area contributed by atoms with Gasteiger partial charge in [0.05, 0.1) is 0 Å². The monoisotopic (exact) mass is 318 g/mol. The van der Waals surface area contributed by atoms with Crippen LogP contribution >= 0.6 is 15.9 Å². The summed E-state index contributed by atoms with van der Waals surface area (Å²) >= 11 is 3.32. The Hall–Kier alpha value is -1.68. The number of carbonyl (C=O) groups excluding carboxylic acids is 1. The van der Waals surface area contributed by atoms with E-state index in [-0.39, 0.29) is 5.91 Å². The Labute approximate surface area is 121 Å². The van der Waals surface area contributed by atoms with Crippen molar-refractivity contribution in [1.29, 1.82) is 0 Å². The quantitative estimate of drug-likeness (QED) is 0.862. The van der Waals surface area contributed by atoms with Crippen LogP contribution in [0.4, 0.5) is 5.69 Å². The SMILES string of the molecule is CCN(C(=O)c1ccc(Br)cn1)c1cccc(C)c1. The summed E-state index contributed by atoms with van der Waals surface area (Å²) < 4.78 is 0.864. The van der Waals surface area contributed by atoms with Gasteiger partial charge in [-0.25, -0.2) is 4.98 Å². The minimum Gasteiger partial charge on any atom is -0.307 e. The first-order valence-corrected chi connectivity index (χ1v) is 6.91. The van der Waals surface area contributed by atoms with Crippen LogP contribution in [0.3, 0.4) is 0 Å². The first-order valence-electron chi connectivity index (χ1n) is 6.12. The predicted octanol–water partition coefficient (Wildman–Crippen LogP) is 3.82. The highest BCUT2D eigenvalue weighted by Gasteiger charge is 2.17. The van der Waals surface area contributed by atoms with E-state index >= 15 is 0 Å². The molecule has 0 radical (unpaired) electrons. The van der Waals surface area contributed by atoms with Gasteiger partial charge in [-0.1, -0.05) is 12.1 Å². The van der Waals surface area contributed by atoms with E-state index in [1.165, 1.54) is 0 Å². The molecule has 0 aliphatic rings. The highest BCUT2D eigenvalue weighted by atomic mass is 79.9. The summed E-state index contributed by atoms with van der Waals surface area (Å²) in [4.78, 5) is 18.3. The third-order valence-corrected chi connectivity index (χ3v) is 3.29. The van der Waals surface area contributed by atoms with E-state index in [0.717, 1.165) is 15.7 Å². The lowest BCUT2D eigenvalue weighted by Gasteiger charge is -2.21. The summed E-state index contributed by atoms with van der Waals surface area (Å²) in [6.07, 6.45) is 1.64. The van der Waals surface area contributed by atoms with Crippen molar-refractivity contribution in [1.82, 2.24) is 4.98 Å². The van der Waals surface area contributed by atoms with Crippen LogP contribution in [0.1, 0.15) is 23.0 Å². The van der Waals surface area contributed by atoms with Crippen LogP contribution in [0.15, 0.2) is 47.1 Å². The minimum atomic E-state index is -0.0828. The number of amides is 1. The van der Waals surface area contributed by atoms with Gasteiger partial charge in [-0.3, -0.25) is 4.79 Å². The zero-order valence-corrected chi connectivity index (χ0v) is 12.5. The maximum atomic E-state index is 12.4. The average Bonchev–Trinajstić information content (AvgIpc) is 2.40. The molecule has 4 heteroatoms. The molecule has 98 valence electrons. The maximum Gasteiger partial charge on any atom is 0.276 e. The van der Waals surface area contributed by atoms with Crippen molar-refractivity contribution >= 4 is 27.5 Å². The number of aromatic nitrogens is 1. The fourth-order valence-electron chi connectivity index (χ4n) is 1.88. The zero-order chi connectivity index (χ0) is 13.8. The number of hydrogen-bond donors (Lipinski definition) is 0. The molecule has 0 aliphatic heterocycles. The molecule has 0 aliphatic carbocycles. The smallest absolute Gasteiger partial charge is 0.276 e. The molecule has 0 unspecified atom stereocenters. The molecule has 0 bridgehead atoms. The van der Waals surface area contributed by atoms with Gasteiger partial charge in [0, 0.05) is 22.9 Å². The van der Waals surface area contributed by atoms with Gasteiger partial charge in [-0.05, 0) is 59.6 Å². The van der Waals surface area contributed by atoms with Crippen LogP contribution in [0.25, 0.3) is 0 Å². The maximum absolute atomic E-state index is 12.4. The van der Waals surface area contributed by atoms with Gasteiger partial charge < -0.3 is 4.90 Å². The van der Waals surface area contributed by atoms with E-state index < -0.39 is 0 Å². The van der Waals surface area contributed by atoms with Crippen LogP contribution in [-0.2, 0) is 0 Å². The van der Waals surface area contributed by atoms with Gasteiger partial charge in [-0.2, -0.15) is 0 Å². The fraction of sp³-hybridized carbons (Fsp3) is 0.200. The number of nitrogens with zero attached hydrogens (tertiary/aromatic N) is 2. The van der Waals surface area contributed by atoms with Crippen molar-refractivity contribution in [2.45, 2.75) is 13.8 Å². The van der Waals surface area contributed by atoms with Crippen molar-refractivity contribution in [2.24, 2.45) is 0 Å². The van der Waals surface area contributed by atoms with Gasteiger partial charge in [-0.15, -0.1) is 0 Å². The highest BCUT2D eigenvalue weighted by Crippen LogP contribution is 2.18. The third-order valence-electron chi connectivity index (χ3n) is 2.82. The third kappa shape index (κ3) is 3.20. The molecule has 0 spiro atoms. The molecule has 0 saturated carbocycles. The van der Waals surface area contributed by atoms with Gasteiger partial charge >= 0.3 is 0 Å². The molecule has 19 heavy (non-hydrogen) atoms. The first-order chi connectivity index (χ1) is 9.11. The second kappa shape index (κ2) is 5.97. The van der Waals surface area contributed by atoms with Gasteiger partial charge in [0.15, 0.2) is 0 Å². The number of pyridine rings is 1. The molecule has 2 aromatic rings. The van der Waals surface area contributed by atoms with Gasteiger partial charge in [0.2, 0.25) is 0 Å². The molecular weight excluding hydrogens is 304 g/mol. The number of anilines is 1. The van der Waals surface area contributed by atoms with Crippen molar-refractivity contribution in [2.75, 3.05) is 11.4 Å². The lowest BCUT2D eigenvalue weighted by molar-refractivity contribution is 0.0983. The van der Waals surface area contributed by atoms with Crippen LogP contribution in [-0.4, -0.2) is 17.4 Å². The predicted molar refractivity (Wildman–Crippen MR) is 80.5 cm³/mol. The molecule has 1 amide bonds. The Balaban J connectivity index is 2.31. The van der Waals surface area contributed by atoms with E-state index in [1.807, 2.05) is 44.2 Å². The fourth-order valence-corrected chi connectivity index (χ4v) is 2.11. The lowest BCUT2D eigenvalue weighted by atomic mass is 10.2. The first kappa shape index (κ1) is 13.7. The van der Waals surface area contributed by atoms with Crippen molar-refractivity contribution in [3.63, 3.8) is 0 Å². The molecule has 1 aromatic carbocycles. The zero-order valence-electron chi connectivity index (χ0n) is 10.9. The minimum absolute atomic E-state index is 0.0828. The van der Waals surface area contributed by atoms with Crippen molar-refractivity contribution in [3.05, 3.63) is 58.3 Å². The summed E-state index contributed by atoms with van der Waals surface area (Å²) in [5.41, 5.74) is 2.48. The molecule has 0 saturated heterocycles. The Bertz CT molecular complexity index is 581. The number of rotatable bonds is 3. The summed E-state index contributed by atoms with van der Waals surface area (Å²) in [5.74, 6) is -0.0828. The van der Waals surface area contributed by atoms with Crippen LogP contribution in [0.5, 0.6) is 0 Å². The largest absolute Gasteiger partial charge is 0.307 e. The number of benzene rings is 1. The average molecular weight is 319 g/mol. The van der Waals surface area contributed by atoms with E-state index in [4.69, 9.17) is 0 Å². The Morgan fingerprint density at radius 3 is 2.68 bits per heavy atom. The van der Waals surface area contributed by atoms with E-state index in [2.05, 4.69) is 20.9 Å². The highest BCUT2D eigenvalue weighted by molar-refractivity contribution is 9.10. The Morgan fingerprint density at radius 2 is 2.11 bits per heavy atom. The molecular formula is C15H15BrN2O. The van der Waals surface area contributed by atoms with Gasteiger partial charge in [0.25, 0.3) is 5.91 Å². The number of halogens is 1.